The molecule has 1 amide bonds. The summed E-state index contributed by atoms with van der Waals surface area (Å²) in [5, 5.41) is 3.41. The highest BCUT2D eigenvalue weighted by molar-refractivity contribution is 7.16. The third-order valence-corrected chi connectivity index (χ3v) is 4.30. The van der Waals surface area contributed by atoms with Crippen molar-refractivity contribution < 1.29 is 4.79 Å². The van der Waals surface area contributed by atoms with Crippen LogP contribution in [0.15, 0.2) is 24.3 Å². The van der Waals surface area contributed by atoms with Crippen LogP contribution in [0.4, 0.5) is 5.82 Å². The molecule has 1 N–H and O–H groups in total. The number of halogens is 2. The molecule has 0 aromatic carbocycles. The summed E-state index contributed by atoms with van der Waals surface area (Å²) in [7, 11) is 1.72. The second-order valence-electron chi connectivity index (χ2n) is 4.42. The lowest BCUT2D eigenvalue weighted by atomic mass is 10.3. The molecule has 2 rings (SSSR count). The molecule has 0 saturated carbocycles. The zero-order valence-corrected chi connectivity index (χ0v) is 14.0. The maximum absolute atomic E-state index is 12.5. The third kappa shape index (κ3) is 4.09. The number of nitrogens with zero attached hydrogens (tertiary/aromatic N) is 2. The molecule has 2 heterocycles. The molecule has 0 radical (unpaired) electrons. The van der Waals surface area contributed by atoms with Crippen LogP contribution in [-0.4, -0.2) is 29.4 Å². The van der Waals surface area contributed by atoms with Crippen molar-refractivity contribution in [3.05, 3.63) is 44.2 Å². The standard InChI is InChI=1S/C14H15Cl2N3OS/c1-3-17-12-7-5-10(15)13(18-12)14(20)19(2)8-9-4-6-11(16)21-9/h4-7H,3,8H2,1-2H3,(H,17,18). The molecule has 2 aromatic rings. The monoisotopic (exact) mass is 343 g/mol. The molecule has 0 aliphatic heterocycles. The SMILES string of the molecule is CCNc1ccc(Cl)c(C(=O)N(C)Cc2ccc(Cl)s2)n1. The van der Waals surface area contributed by atoms with Gasteiger partial charge in [0, 0.05) is 18.5 Å². The Bertz CT molecular complexity index is 645. The van der Waals surface area contributed by atoms with Gasteiger partial charge in [-0.2, -0.15) is 0 Å². The van der Waals surface area contributed by atoms with E-state index in [-0.39, 0.29) is 11.6 Å². The van der Waals surface area contributed by atoms with Crippen molar-refractivity contribution in [1.29, 1.82) is 0 Å². The van der Waals surface area contributed by atoms with Crippen LogP contribution in [0.2, 0.25) is 9.36 Å². The summed E-state index contributed by atoms with van der Waals surface area (Å²) in [5.41, 5.74) is 0.250. The van der Waals surface area contributed by atoms with Gasteiger partial charge < -0.3 is 10.2 Å². The highest BCUT2D eigenvalue weighted by Crippen LogP contribution is 2.24. The van der Waals surface area contributed by atoms with Gasteiger partial charge in [0.15, 0.2) is 0 Å². The Morgan fingerprint density at radius 2 is 2.10 bits per heavy atom. The van der Waals surface area contributed by atoms with Crippen molar-refractivity contribution in [3.63, 3.8) is 0 Å². The number of amides is 1. The lowest BCUT2D eigenvalue weighted by molar-refractivity contribution is 0.0781. The molecular formula is C14H15Cl2N3OS. The first-order valence-electron chi connectivity index (χ1n) is 6.41. The fourth-order valence-corrected chi connectivity index (χ4v) is 3.12. The zero-order valence-electron chi connectivity index (χ0n) is 11.7. The van der Waals surface area contributed by atoms with Crippen LogP contribution in [-0.2, 0) is 6.54 Å². The van der Waals surface area contributed by atoms with E-state index >= 15 is 0 Å². The van der Waals surface area contributed by atoms with Crippen molar-refractivity contribution in [2.24, 2.45) is 0 Å². The van der Waals surface area contributed by atoms with Gasteiger partial charge in [0.25, 0.3) is 5.91 Å². The number of hydrogen-bond donors (Lipinski definition) is 1. The molecule has 2 aromatic heterocycles. The number of thiophene rings is 1. The molecule has 7 heteroatoms. The van der Waals surface area contributed by atoms with Gasteiger partial charge in [-0.3, -0.25) is 4.79 Å². The lowest BCUT2D eigenvalue weighted by Crippen LogP contribution is -2.27. The topological polar surface area (TPSA) is 45.2 Å². The zero-order chi connectivity index (χ0) is 15.4. The number of rotatable bonds is 5. The van der Waals surface area contributed by atoms with Crippen molar-refractivity contribution in [1.82, 2.24) is 9.88 Å². The van der Waals surface area contributed by atoms with E-state index in [9.17, 15) is 4.79 Å². The molecule has 0 aliphatic rings. The Morgan fingerprint density at radius 1 is 1.33 bits per heavy atom. The summed E-state index contributed by atoms with van der Waals surface area (Å²) in [6, 6.07) is 7.15. The molecular weight excluding hydrogens is 329 g/mol. The van der Waals surface area contributed by atoms with Gasteiger partial charge in [-0.15, -0.1) is 11.3 Å². The number of carbonyl (C=O) groups excluding carboxylic acids is 1. The maximum Gasteiger partial charge on any atom is 0.274 e. The highest BCUT2D eigenvalue weighted by atomic mass is 35.5. The summed E-state index contributed by atoms with van der Waals surface area (Å²) in [4.78, 5) is 19.3. The highest BCUT2D eigenvalue weighted by Gasteiger charge is 2.18. The van der Waals surface area contributed by atoms with Crippen LogP contribution in [0.5, 0.6) is 0 Å². The number of anilines is 1. The van der Waals surface area contributed by atoms with Crippen molar-refractivity contribution >= 4 is 46.3 Å². The largest absolute Gasteiger partial charge is 0.370 e. The summed E-state index contributed by atoms with van der Waals surface area (Å²) < 4.78 is 0.705. The number of carbonyl (C=O) groups is 1. The van der Waals surface area contributed by atoms with E-state index in [4.69, 9.17) is 23.2 Å². The fraction of sp³-hybridized carbons (Fsp3) is 0.286. The van der Waals surface area contributed by atoms with Gasteiger partial charge >= 0.3 is 0 Å². The molecule has 0 unspecified atom stereocenters. The van der Waals surface area contributed by atoms with E-state index in [0.717, 1.165) is 11.4 Å². The predicted molar refractivity (Wildman–Crippen MR) is 88.5 cm³/mol. The predicted octanol–water partition coefficient (Wildman–Crippen LogP) is 4.15. The van der Waals surface area contributed by atoms with Crippen LogP contribution in [0.25, 0.3) is 0 Å². The molecule has 0 atom stereocenters. The van der Waals surface area contributed by atoms with Crippen LogP contribution < -0.4 is 5.32 Å². The van der Waals surface area contributed by atoms with E-state index in [1.165, 1.54) is 11.3 Å². The first-order valence-corrected chi connectivity index (χ1v) is 7.98. The van der Waals surface area contributed by atoms with Gasteiger partial charge in [-0.25, -0.2) is 4.98 Å². The summed E-state index contributed by atoms with van der Waals surface area (Å²) >= 11 is 13.4. The number of aromatic nitrogens is 1. The van der Waals surface area contributed by atoms with Crippen LogP contribution in [0, 0.1) is 0 Å². The van der Waals surface area contributed by atoms with E-state index < -0.39 is 0 Å². The molecule has 0 fully saturated rings. The Morgan fingerprint density at radius 3 is 2.71 bits per heavy atom. The van der Waals surface area contributed by atoms with E-state index in [2.05, 4.69) is 10.3 Å². The van der Waals surface area contributed by atoms with Gasteiger partial charge in [0.1, 0.15) is 11.5 Å². The Labute approximate surface area is 137 Å². The number of nitrogens with one attached hydrogen (secondary N) is 1. The second-order valence-corrected chi connectivity index (χ2v) is 6.63. The third-order valence-electron chi connectivity index (χ3n) is 2.78. The number of hydrogen-bond acceptors (Lipinski definition) is 4. The average molecular weight is 344 g/mol. The van der Waals surface area contributed by atoms with Crippen molar-refractivity contribution in [2.75, 3.05) is 18.9 Å². The molecule has 0 aliphatic carbocycles. The van der Waals surface area contributed by atoms with Crippen molar-refractivity contribution in [3.8, 4) is 0 Å². The molecule has 0 spiro atoms. The first kappa shape index (κ1) is 16.1. The van der Waals surface area contributed by atoms with E-state index in [1.54, 1.807) is 24.1 Å². The van der Waals surface area contributed by atoms with E-state index in [1.807, 2.05) is 19.1 Å². The minimum Gasteiger partial charge on any atom is -0.370 e. The van der Waals surface area contributed by atoms with Gasteiger partial charge in [-0.05, 0) is 31.2 Å². The van der Waals surface area contributed by atoms with Crippen LogP contribution in [0.3, 0.4) is 0 Å². The Kier molecular flexibility index (Phi) is 5.45. The van der Waals surface area contributed by atoms with Gasteiger partial charge in [-0.1, -0.05) is 23.2 Å². The molecule has 112 valence electrons. The first-order chi connectivity index (χ1) is 10.0. The normalized spacial score (nSPS) is 10.5. The average Bonchev–Trinajstić information content (AvgIpc) is 2.85. The smallest absolute Gasteiger partial charge is 0.274 e. The Hall–Kier alpha value is -1.30. The summed E-state index contributed by atoms with van der Waals surface area (Å²) in [6.45, 7) is 3.16. The summed E-state index contributed by atoms with van der Waals surface area (Å²) in [5.74, 6) is 0.419. The van der Waals surface area contributed by atoms with Crippen molar-refractivity contribution in [2.45, 2.75) is 13.5 Å². The van der Waals surface area contributed by atoms with E-state index in [0.29, 0.717) is 21.7 Å². The van der Waals surface area contributed by atoms with Gasteiger partial charge in [0.05, 0.1) is 15.9 Å². The quantitative estimate of drug-likeness (QED) is 0.886. The number of pyridine rings is 1. The minimum atomic E-state index is -0.218. The fourth-order valence-electron chi connectivity index (χ4n) is 1.79. The summed E-state index contributed by atoms with van der Waals surface area (Å²) in [6.07, 6.45) is 0. The lowest BCUT2D eigenvalue weighted by Gasteiger charge is -2.17. The second kappa shape index (κ2) is 7.11. The molecule has 4 nitrogen and oxygen atoms in total. The minimum absolute atomic E-state index is 0.218. The molecule has 0 bridgehead atoms. The molecule has 0 saturated heterocycles. The van der Waals surface area contributed by atoms with Gasteiger partial charge in [0.2, 0.25) is 0 Å². The Balaban J connectivity index is 2.16. The maximum atomic E-state index is 12.5. The molecule has 21 heavy (non-hydrogen) atoms. The van der Waals surface area contributed by atoms with Crippen LogP contribution in [0.1, 0.15) is 22.3 Å². The van der Waals surface area contributed by atoms with Crippen LogP contribution >= 0.6 is 34.5 Å².